The molecule has 1 aromatic heterocycles. The molecule has 10 heteroatoms. The standard InChI is InChI=1S/C17H15F7N2S/c18-12-9-10(16(19,20)21)8-11(17(22,23)24)14(12)15(13-2-1-7-27-13)26-5-3-25-4-6-26/h1-2,7-9,15,25H,3-6H2/t15-/m1/s1. The van der Waals surface area contributed by atoms with E-state index in [0.29, 0.717) is 31.1 Å². The number of benzene rings is 1. The molecule has 0 amide bonds. The van der Waals surface area contributed by atoms with Crippen LogP contribution in [0, 0.1) is 5.82 Å². The van der Waals surface area contributed by atoms with E-state index >= 15 is 0 Å². The number of thiophene rings is 1. The number of piperazine rings is 1. The van der Waals surface area contributed by atoms with E-state index in [0.717, 1.165) is 11.3 Å². The van der Waals surface area contributed by atoms with Crippen molar-refractivity contribution in [1.29, 1.82) is 0 Å². The van der Waals surface area contributed by atoms with Crippen LogP contribution in [0.4, 0.5) is 30.7 Å². The van der Waals surface area contributed by atoms with Gasteiger partial charge in [0.15, 0.2) is 0 Å². The van der Waals surface area contributed by atoms with Gasteiger partial charge in [-0.25, -0.2) is 4.39 Å². The highest BCUT2D eigenvalue weighted by Gasteiger charge is 2.43. The average Bonchev–Trinajstić information content (AvgIpc) is 3.09. The number of nitrogens with one attached hydrogen (secondary N) is 1. The van der Waals surface area contributed by atoms with Crippen molar-refractivity contribution in [1.82, 2.24) is 10.2 Å². The molecule has 1 saturated heterocycles. The first-order chi connectivity index (χ1) is 12.6. The quantitative estimate of drug-likeness (QED) is 0.720. The number of rotatable bonds is 3. The molecule has 0 bridgehead atoms. The fourth-order valence-corrected chi connectivity index (χ4v) is 4.05. The van der Waals surface area contributed by atoms with Crippen molar-refractivity contribution in [3.8, 4) is 0 Å². The minimum Gasteiger partial charge on any atom is -0.314 e. The first-order valence-electron chi connectivity index (χ1n) is 8.05. The summed E-state index contributed by atoms with van der Waals surface area (Å²) in [6.45, 7) is 1.68. The molecule has 2 nitrogen and oxygen atoms in total. The van der Waals surface area contributed by atoms with Gasteiger partial charge in [0.1, 0.15) is 5.82 Å². The van der Waals surface area contributed by atoms with Crippen molar-refractivity contribution in [3.05, 3.63) is 57.0 Å². The number of alkyl halides is 6. The van der Waals surface area contributed by atoms with Crippen molar-refractivity contribution in [2.45, 2.75) is 18.4 Å². The number of hydrogen-bond acceptors (Lipinski definition) is 3. The Morgan fingerprint density at radius 3 is 2.19 bits per heavy atom. The molecule has 0 radical (unpaired) electrons. The third-order valence-corrected chi connectivity index (χ3v) is 5.29. The Morgan fingerprint density at radius 1 is 1.00 bits per heavy atom. The maximum Gasteiger partial charge on any atom is 0.416 e. The van der Waals surface area contributed by atoms with Crippen LogP contribution in [0.3, 0.4) is 0 Å². The third kappa shape index (κ3) is 4.27. The Morgan fingerprint density at radius 2 is 1.67 bits per heavy atom. The van der Waals surface area contributed by atoms with Crippen LogP contribution in [0.25, 0.3) is 0 Å². The molecule has 1 aliphatic rings. The summed E-state index contributed by atoms with van der Waals surface area (Å²) in [4.78, 5) is 2.10. The van der Waals surface area contributed by atoms with Gasteiger partial charge in [0.05, 0.1) is 17.2 Å². The molecule has 1 fully saturated rings. The van der Waals surface area contributed by atoms with Crippen LogP contribution in [-0.4, -0.2) is 31.1 Å². The first-order valence-corrected chi connectivity index (χ1v) is 8.93. The smallest absolute Gasteiger partial charge is 0.314 e. The molecule has 0 aliphatic carbocycles. The first kappa shape index (κ1) is 20.1. The fraction of sp³-hybridized carbons (Fsp3) is 0.412. The topological polar surface area (TPSA) is 15.3 Å². The largest absolute Gasteiger partial charge is 0.416 e. The minimum absolute atomic E-state index is 0.00121. The SMILES string of the molecule is Fc1cc(C(F)(F)F)cc(C(F)(F)F)c1[C@@H](c1cccs1)N1CCNCC1. The van der Waals surface area contributed by atoms with E-state index < -0.39 is 40.9 Å². The van der Waals surface area contributed by atoms with Crippen LogP contribution >= 0.6 is 11.3 Å². The molecule has 1 atom stereocenters. The van der Waals surface area contributed by atoms with Gasteiger partial charge in [-0.3, -0.25) is 4.90 Å². The van der Waals surface area contributed by atoms with E-state index in [9.17, 15) is 30.7 Å². The number of nitrogens with zero attached hydrogens (tertiary/aromatic N) is 1. The summed E-state index contributed by atoms with van der Waals surface area (Å²) < 4.78 is 94.4. The summed E-state index contributed by atoms with van der Waals surface area (Å²) in [5.41, 5.74) is -4.01. The van der Waals surface area contributed by atoms with Gasteiger partial charge >= 0.3 is 12.4 Å². The lowest BCUT2D eigenvalue weighted by Crippen LogP contribution is -2.45. The Balaban J connectivity index is 2.22. The Hall–Kier alpha value is -1.65. The van der Waals surface area contributed by atoms with Crippen molar-refractivity contribution >= 4 is 11.3 Å². The van der Waals surface area contributed by atoms with Crippen LogP contribution in [0.1, 0.15) is 27.6 Å². The summed E-state index contributed by atoms with van der Waals surface area (Å²) >= 11 is 1.14. The zero-order valence-corrected chi connectivity index (χ0v) is 14.6. The molecule has 27 heavy (non-hydrogen) atoms. The maximum atomic E-state index is 14.7. The molecule has 0 saturated carbocycles. The van der Waals surface area contributed by atoms with E-state index in [-0.39, 0.29) is 12.1 Å². The highest BCUT2D eigenvalue weighted by Crippen LogP contribution is 2.44. The van der Waals surface area contributed by atoms with Crippen LogP contribution in [0.2, 0.25) is 0 Å². The lowest BCUT2D eigenvalue weighted by Gasteiger charge is -2.36. The summed E-state index contributed by atoms with van der Waals surface area (Å²) in [5, 5.41) is 4.69. The molecule has 1 N–H and O–H groups in total. The van der Waals surface area contributed by atoms with Gasteiger partial charge in [0.2, 0.25) is 0 Å². The Labute approximate surface area is 154 Å². The predicted octanol–water partition coefficient (Wildman–Crippen LogP) is 4.92. The van der Waals surface area contributed by atoms with Crippen LogP contribution < -0.4 is 5.32 Å². The second-order valence-corrected chi connectivity index (χ2v) is 7.10. The van der Waals surface area contributed by atoms with E-state index in [4.69, 9.17) is 0 Å². The van der Waals surface area contributed by atoms with Crippen LogP contribution in [-0.2, 0) is 12.4 Å². The van der Waals surface area contributed by atoms with E-state index in [2.05, 4.69) is 5.32 Å². The average molecular weight is 412 g/mol. The lowest BCUT2D eigenvalue weighted by atomic mass is 9.93. The second-order valence-electron chi connectivity index (χ2n) is 6.12. The number of hydrogen-bond donors (Lipinski definition) is 1. The Bertz CT molecular complexity index is 778. The van der Waals surface area contributed by atoms with Crippen molar-refractivity contribution < 1.29 is 30.7 Å². The molecule has 1 aliphatic heterocycles. The molecule has 1 aromatic carbocycles. The van der Waals surface area contributed by atoms with Gasteiger partial charge < -0.3 is 5.32 Å². The molecule has 0 unspecified atom stereocenters. The maximum absolute atomic E-state index is 14.7. The molecule has 0 spiro atoms. The van der Waals surface area contributed by atoms with Gasteiger partial charge in [-0.2, -0.15) is 26.3 Å². The molecule has 148 valence electrons. The predicted molar refractivity (Wildman–Crippen MR) is 87.0 cm³/mol. The molecule has 3 rings (SSSR count). The molecular formula is C17H15F7N2S. The third-order valence-electron chi connectivity index (χ3n) is 4.37. The highest BCUT2D eigenvalue weighted by molar-refractivity contribution is 7.10. The molecular weight excluding hydrogens is 397 g/mol. The number of halogens is 7. The van der Waals surface area contributed by atoms with Gasteiger partial charge in [-0.1, -0.05) is 6.07 Å². The normalized spacial score (nSPS) is 17.9. The van der Waals surface area contributed by atoms with Crippen molar-refractivity contribution in [3.63, 3.8) is 0 Å². The highest BCUT2D eigenvalue weighted by atomic mass is 32.1. The zero-order valence-electron chi connectivity index (χ0n) is 13.8. The van der Waals surface area contributed by atoms with Crippen LogP contribution in [0.15, 0.2) is 29.6 Å². The van der Waals surface area contributed by atoms with Gasteiger partial charge in [-0.05, 0) is 23.6 Å². The van der Waals surface area contributed by atoms with E-state index in [1.54, 1.807) is 22.4 Å². The van der Waals surface area contributed by atoms with Gasteiger partial charge in [0, 0.05) is 36.6 Å². The summed E-state index contributed by atoms with van der Waals surface area (Å²) in [7, 11) is 0. The monoisotopic (exact) mass is 412 g/mol. The van der Waals surface area contributed by atoms with Crippen molar-refractivity contribution in [2.75, 3.05) is 26.2 Å². The lowest BCUT2D eigenvalue weighted by molar-refractivity contribution is -0.144. The minimum atomic E-state index is -5.12. The summed E-state index contributed by atoms with van der Waals surface area (Å²) in [6, 6.07) is 2.22. The zero-order chi connectivity index (χ0) is 19.8. The van der Waals surface area contributed by atoms with E-state index in [1.165, 1.54) is 0 Å². The van der Waals surface area contributed by atoms with Crippen LogP contribution in [0.5, 0.6) is 0 Å². The second kappa shape index (κ2) is 7.40. The molecule has 2 heterocycles. The molecule has 2 aromatic rings. The summed E-state index contributed by atoms with van der Waals surface area (Å²) in [5.74, 6) is -1.51. The summed E-state index contributed by atoms with van der Waals surface area (Å²) in [6.07, 6.45) is -10.2. The Kier molecular flexibility index (Phi) is 5.51. The fourth-order valence-electron chi connectivity index (χ4n) is 3.19. The van der Waals surface area contributed by atoms with Crippen molar-refractivity contribution in [2.24, 2.45) is 0 Å². The van der Waals surface area contributed by atoms with Gasteiger partial charge in [0.25, 0.3) is 0 Å². The van der Waals surface area contributed by atoms with Gasteiger partial charge in [-0.15, -0.1) is 11.3 Å². The van der Waals surface area contributed by atoms with E-state index in [1.807, 2.05) is 0 Å².